The second kappa shape index (κ2) is 8.89. The Bertz CT molecular complexity index is 575. The first-order chi connectivity index (χ1) is 12.8. The second-order valence-corrected chi connectivity index (χ2v) is 6.52. The van der Waals surface area contributed by atoms with E-state index in [2.05, 4.69) is 0 Å². The van der Waals surface area contributed by atoms with Crippen LogP contribution in [0.25, 0.3) is 0 Å². The largest absolute Gasteiger partial charge is 0.544 e. The lowest BCUT2D eigenvalue weighted by molar-refractivity contribution is -0.884. The first-order valence-corrected chi connectivity index (χ1v) is 7.58. The van der Waals surface area contributed by atoms with Crippen molar-refractivity contribution >= 4 is 12.1 Å². The van der Waals surface area contributed by atoms with Crippen LogP contribution in [0.3, 0.4) is 0 Å². The van der Waals surface area contributed by atoms with Gasteiger partial charge in [0.2, 0.25) is 0 Å². The molecule has 6 nitrogen and oxygen atoms in total. The molecule has 172 valence electrons. The van der Waals surface area contributed by atoms with Crippen molar-refractivity contribution in [3.63, 3.8) is 0 Å². The van der Waals surface area contributed by atoms with Gasteiger partial charge in [-0.15, -0.1) is 9.29 Å². The van der Waals surface area contributed by atoms with E-state index < -0.39 is 47.8 Å². The third-order valence-corrected chi connectivity index (χ3v) is 3.71. The zero-order valence-electron chi connectivity index (χ0n) is 14.9. The molecule has 0 radical (unpaired) electrons. The number of alkyl halides is 9. The lowest BCUT2D eigenvalue weighted by atomic mass is 10.2. The molecule has 0 atom stereocenters. The van der Waals surface area contributed by atoms with Gasteiger partial charge in [0, 0.05) is 13.0 Å². The summed E-state index contributed by atoms with van der Waals surface area (Å²) < 4.78 is 122. The molecule has 1 saturated heterocycles. The number of amides is 1. The predicted molar refractivity (Wildman–Crippen MR) is 73.6 cm³/mol. The Labute approximate surface area is 157 Å². The van der Waals surface area contributed by atoms with Gasteiger partial charge in [-0.05, 0) is 0 Å². The number of carbonyl (C=O) groups is 2. The predicted octanol–water partition coefficient (Wildman–Crippen LogP) is 1.57. The Kier molecular flexibility index (Phi) is 8.33. The molecule has 0 bridgehead atoms. The highest BCUT2D eigenvalue weighted by Crippen LogP contribution is 2.62. The Morgan fingerprint density at radius 3 is 1.66 bits per heavy atom. The van der Waals surface area contributed by atoms with Gasteiger partial charge < -0.3 is 19.7 Å². The van der Waals surface area contributed by atoms with E-state index in [4.69, 9.17) is 0 Å². The maximum atomic E-state index is 12.4. The van der Waals surface area contributed by atoms with Gasteiger partial charge >= 0.3 is 30.1 Å². The molecule has 0 unspecified atom stereocenters. The minimum Gasteiger partial charge on any atom is -0.544 e. The molecule has 0 aliphatic carbocycles. The number of likely N-dealkylation sites (tertiary alicyclic amines) is 1. The molecule has 0 saturated carbocycles. The number of carboxylic acid groups (broad SMARTS) is 1. The molecule has 29 heavy (non-hydrogen) atoms. The van der Waals surface area contributed by atoms with Gasteiger partial charge in [-0.3, -0.25) is 0 Å². The maximum Gasteiger partial charge on any atom is 0.397 e. The van der Waals surface area contributed by atoms with E-state index in [0.717, 1.165) is 0 Å². The Morgan fingerprint density at radius 1 is 0.966 bits per heavy atom. The Hall–Kier alpha value is -1.84. The third kappa shape index (κ3) is 5.61. The minimum absolute atomic E-state index is 0.0937. The Balaban J connectivity index is 0.000000543. The number of carboxylic acids is 1. The van der Waals surface area contributed by atoms with E-state index >= 15 is 0 Å². The monoisotopic (exact) mass is 453 g/mol. The van der Waals surface area contributed by atoms with Crippen molar-refractivity contribution in [2.45, 2.75) is 30.4 Å². The van der Waals surface area contributed by atoms with Crippen LogP contribution in [0.5, 0.6) is 0 Å². The normalized spacial score (nSPS) is 21.8. The van der Waals surface area contributed by atoms with Gasteiger partial charge in [-0.2, -0.15) is 35.1 Å². The maximum absolute atomic E-state index is 12.4. The molecular weight excluding hydrogens is 436 g/mol. The van der Waals surface area contributed by atoms with Gasteiger partial charge in [0.25, 0.3) is 0 Å². The summed E-state index contributed by atoms with van der Waals surface area (Å²) in [7, 11) is 3.46. The highest BCUT2D eigenvalue weighted by atomic mass is 19.4. The van der Waals surface area contributed by atoms with Gasteiger partial charge in [-0.25, -0.2) is 9.18 Å². The second-order valence-electron chi connectivity index (χ2n) is 6.52. The van der Waals surface area contributed by atoms with Crippen LogP contribution >= 0.6 is 0 Å². The van der Waals surface area contributed by atoms with Crippen molar-refractivity contribution in [1.29, 1.82) is 0 Å². The molecule has 1 aliphatic heterocycles. The number of hydrogen-bond donors (Lipinski definition) is 1. The van der Waals surface area contributed by atoms with Gasteiger partial charge in [0.15, 0.2) is 6.80 Å². The highest BCUT2D eigenvalue weighted by molar-refractivity contribution is 5.65. The molecular formula is C13H17F10N3O3. The summed E-state index contributed by atoms with van der Waals surface area (Å²) in [5, 5.41) is 12.3. The minimum atomic E-state index is -6.34. The van der Waals surface area contributed by atoms with Crippen LogP contribution in [0.4, 0.5) is 48.7 Å². The fourth-order valence-electron chi connectivity index (χ4n) is 2.17. The standard InChI is InChI=1S/C8H15FN2O3.C5H2F9N/c1-11(2,6-7(12)13)5-3-4-10-8(9)14;6-1-15-4(11,12)2(7,8)3(9,10)5(15,13)14/h3-6H2,1-2H3,(H-,10,12,13,14);1H2. The van der Waals surface area contributed by atoms with E-state index in [-0.39, 0.29) is 17.6 Å². The number of quaternary nitrogens is 1. The lowest BCUT2D eigenvalue weighted by Crippen LogP contribution is -2.51. The molecule has 0 spiro atoms. The number of rotatable bonds is 7. The molecule has 0 aromatic heterocycles. The summed E-state index contributed by atoms with van der Waals surface area (Å²) in [5.41, 5.74) is 0. The molecule has 1 aliphatic rings. The van der Waals surface area contributed by atoms with Crippen LogP contribution < -0.4 is 10.4 Å². The SMILES string of the molecule is C[N+](C)(CCCNC(=O)F)CC(=O)[O-].FCN1C(F)(F)C(F)(F)C(F)(F)C1(F)F. The summed E-state index contributed by atoms with van der Waals surface area (Å²) >= 11 is 0. The smallest absolute Gasteiger partial charge is 0.397 e. The van der Waals surface area contributed by atoms with Crippen LogP contribution in [0.1, 0.15) is 6.42 Å². The Morgan fingerprint density at radius 2 is 1.38 bits per heavy atom. The summed E-state index contributed by atoms with van der Waals surface area (Å²) in [6, 6.07) is -11.9. The van der Waals surface area contributed by atoms with Crippen molar-refractivity contribution in [3.8, 4) is 0 Å². The molecule has 16 heteroatoms. The molecule has 1 rings (SSSR count). The molecule has 1 N–H and O–H groups in total. The average Bonchev–Trinajstić information content (AvgIpc) is 2.56. The zero-order chi connectivity index (χ0) is 23.5. The number of aliphatic carboxylic acids is 1. The first-order valence-electron chi connectivity index (χ1n) is 7.58. The number of hydrogen-bond acceptors (Lipinski definition) is 4. The van der Waals surface area contributed by atoms with E-state index in [1.807, 2.05) is 5.32 Å². The summed E-state index contributed by atoms with van der Waals surface area (Å²) in [5.74, 6) is -13.8. The van der Waals surface area contributed by atoms with Crippen LogP contribution in [0.15, 0.2) is 0 Å². The van der Waals surface area contributed by atoms with E-state index in [0.29, 0.717) is 13.0 Å². The third-order valence-electron chi connectivity index (χ3n) is 3.71. The van der Waals surface area contributed by atoms with Crippen molar-refractivity contribution in [3.05, 3.63) is 0 Å². The zero-order valence-corrected chi connectivity index (χ0v) is 14.9. The van der Waals surface area contributed by atoms with Crippen LogP contribution in [0, 0.1) is 0 Å². The van der Waals surface area contributed by atoms with Crippen LogP contribution in [-0.2, 0) is 4.79 Å². The van der Waals surface area contributed by atoms with Crippen molar-refractivity contribution < 1.29 is 63.1 Å². The molecule has 0 aromatic carbocycles. The number of carbonyl (C=O) groups excluding carboxylic acids is 2. The van der Waals surface area contributed by atoms with Crippen molar-refractivity contribution in [2.75, 3.05) is 40.5 Å². The number of likely N-dealkylation sites (N-methyl/N-ethyl adjacent to an activating group) is 1. The summed E-state index contributed by atoms with van der Waals surface area (Å²) in [6.07, 6.45) is -1.04. The summed E-state index contributed by atoms with van der Waals surface area (Å²) in [4.78, 5) is 18.0. The van der Waals surface area contributed by atoms with Crippen molar-refractivity contribution in [2.24, 2.45) is 0 Å². The first kappa shape index (κ1) is 27.2. The fraction of sp³-hybridized carbons (Fsp3) is 0.846. The van der Waals surface area contributed by atoms with E-state index in [9.17, 15) is 58.6 Å². The van der Waals surface area contributed by atoms with Crippen molar-refractivity contribution in [1.82, 2.24) is 10.2 Å². The molecule has 1 amide bonds. The van der Waals surface area contributed by atoms with Gasteiger partial charge in [0.05, 0.1) is 26.6 Å². The molecule has 1 fully saturated rings. The number of nitrogens with one attached hydrogen (secondary N) is 1. The highest BCUT2D eigenvalue weighted by Gasteiger charge is 2.92. The van der Waals surface area contributed by atoms with E-state index in [1.165, 1.54) is 0 Å². The topological polar surface area (TPSA) is 72.5 Å². The van der Waals surface area contributed by atoms with E-state index in [1.54, 1.807) is 14.1 Å². The van der Waals surface area contributed by atoms with Crippen LogP contribution in [0.2, 0.25) is 0 Å². The van der Waals surface area contributed by atoms with Crippen LogP contribution in [-0.4, -0.2) is 86.0 Å². The quantitative estimate of drug-likeness (QED) is 0.209. The molecule has 1 heterocycles. The molecule has 0 aromatic rings. The lowest BCUT2D eigenvalue weighted by Gasteiger charge is -2.29. The summed E-state index contributed by atoms with van der Waals surface area (Å²) in [6.45, 7) is -2.17. The van der Waals surface area contributed by atoms with Gasteiger partial charge in [-0.1, -0.05) is 0 Å². The van der Waals surface area contributed by atoms with Gasteiger partial charge in [0.1, 0.15) is 6.54 Å². The number of halogens is 10. The fourth-order valence-corrected chi connectivity index (χ4v) is 2.17. The number of nitrogens with zero attached hydrogens (tertiary/aromatic N) is 2. The average molecular weight is 453 g/mol.